The van der Waals surface area contributed by atoms with Crippen molar-refractivity contribution in [3.8, 4) is 17.1 Å². The number of ether oxygens (including phenoxy) is 2. The standard InChI is InChI=1S/C21H26N6O4/c1-21(2,3)31-20(29)26(5)15-6-16(7-15)30-19-18-14(12-28)9-23-27(18)11-17(24-19)13-8-22-25(4)10-13/h8-12,15-16H,6-7H2,1-5H3. The number of hydrogen-bond donors (Lipinski definition) is 0. The van der Waals surface area contributed by atoms with Crippen LogP contribution in [0.1, 0.15) is 44.0 Å². The van der Waals surface area contributed by atoms with Crippen molar-refractivity contribution in [2.24, 2.45) is 7.05 Å². The van der Waals surface area contributed by atoms with Crippen LogP contribution < -0.4 is 4.74 Å². The Kier molecular flexibility index (Phi) is 5.16. The van der Waals surface area contributed by atoms with Gasteiger partial charge in [-0.05, 0) is 20.8 Å². The molecule has 1 amide bonds. The van der Waals surface area contributed by atoms with Crippen molar-refractivity contribution in [3.05, 3.63) is 30.4 Å². The zero-order valence-electron chi connectivity index (χ0n) is 18.3. The number of nitrogens with zero attached hydrogens (tertiary/aromatic N) is 6. The minimum atomic E-state index is -0.541. The van der Waals surface area contributed by atoms with E-state index in [1.165, 1.54) is 6.20 Å². The van der Waals surface area contributed by atoms with Gasteiger partial charge in [-0.2, -0.15) is 10.2 Å². The van der Waals surface area contributed by atoms with E-state index in [-0.39, 0.29) is 18.2 Å². The van der Waals surface area contributed by atoms with E-state index < -0.39 is 5.60 Å². The first-order chi connectivity index (χ1) is 14.6. The normalized spacial score (nSPS) is 18.5. The van der Waals surface area contributed by atoms with Crippen LogP contribution in [0.4, 0.5) is 4.79 Å². The van der Waals surface area contributed by atoms with Crippen molar-refractivity contribution in [1.82, 2.24) is 29.3 Å². The number of rotatable bonds is 5. The Morgan fingerprint density at radius 1 is 1.23 bits per heavy atom. The number of amides is 1. The third-order valence-electron chi connectivity index (χ3n) is 5.20. The maximum absolute atomic E-state index is 12.3. The molecule has 1 aliphatic carbocycles. The lowest BCUT2D eigenvalue weighted by molar-refractivity contribution is -0.00938. The molecular formula is C21H26N6O4. The molecule has 0 N–H and O–H groups in total. The molecule has 0 bridgehead atoms. The number of carbonyl (C=O) groups is 2. The molecule has 164 valence electrons. The van der Waals surface area contributed by atoms with Crippen LogP contribution in [0.25, 0.3) is 16.8 Å². The topological polar surface area (TPSA) is 104 Å². The third kappa shape index (κ3) is 4.23. The second-order valence-electron chi connectivity index (χ2n) is 8.80. The third-order valence-corrected chi connectivity index (χ3v) is 5.20. The predicted octanol–water partition coefficient (Wildman–Crippen LogP) is 2.72. The van der Waals surface area contributed by atoms with Gasteiger partial charge in [0, 0.05) is 44.7 Å². The highest BCUT2D eigenvalue weighted by Crippen LogP contribution is 2.33. The van der Waals surface area contributed by atoms with Crippen molar-refractivity contribution in [3.63, 3.8) is 0 Å². The summed E-state index contributed by atoms with van der Waals surface area (Å²) in [6, 6.07) is 0.0211. The van der Waals surface area contributed by atoms with Crippen LogP contribution in [-0.2, 0) is 11.8 Å². The maximum atomic E-state index is 12.3. The average Bonchev–Trinajstić information content (AvgIpc) is 3.28. The molecule has 0 unspecified atom stereocenters. The maximum Gasteiger partial charge on any atom is 0.410 e. The first kappa shape index (κ1) is 20.8. The molecule has 0 atom stereocenters. The summed E-state index contributed by atoms with van der Waals surface area (Å²) < 4.78 is 14.9. The number of carbonyl (C=O) groups excluding carboxylic acids is 2. The van der Waals surface area contributed by atoms with Crippen LogP contribution in [0.5, 0.6) is 5.88 Å². The Bertz CT molecular complexity index is 1120. The van der Waals surface area contributed by atoms with Gasteiger partial charge < -0.3 is 14.4 Å². The fraction of sp³-hybridized carbons (Fsp3) is 0.476. The number of aromatic nitrogens is 5. The summed E-state index contributed by atoms with van der Waals surface area (Å²) in [6.07, 6.45) is 8.32. The molecule has 10 nitrogen and oxygen atoms in total. The summed E-state index contributed by atoms with van der Waals surface area (Å²) in [5.74, 6) is 0.337. The SMILES string of the molecule is CN(C(=O)OC(C)(C)C)C1CC(Oc2nc(-c3cnn(C)c3)cn3ncc(C=O)c23)C1. The second-order valence-corrected chi connectivity index (χ2v) is 8.80. The van der Waals surface area contributed by atoms with Crippen molar-refractivity contribution >= 4 is 17.9 Å². The Labute approximate surface area is 179 Å². The van der Waals surface area contributed by atoms with Gasteiger partial charge in [-0.15, -0.1) is 0 Å². The molecule has 10 heteroatoms. The fourth-order valence-corrected chi connectivity index (χ4v) is 3.45. The van der Waals surface area contributed by atoms with Gasteiger partial charge in [-0.3, -0.25) is 9.48 Å². The molecule has 0 aliphatic heterocycles. The fourth-order valence-electron chi connectivity index (χ4n) is 3.45. The summed E-state index contributed by atoms with van der Waals surface area (Å²) in [5, 5.41) is 8.45. The molecular weight excluding hydrogens is 400 g/mol. The monoisotopic (exact) mass is 426 g/mol. The van der Waals surface area contributed by atoms with E-state index in [0.717, 1.165) is 11.8 Å². The lowest BCUT2D eigenvalue weighted by Gasteiger charge is -2.40. The van der Waals surface area contributed by atoms with Crippen molar-refractivity contribution < 1.29 is 19.1 Å². The lowest BCUT2D eigenvalue weighted by atomic mass is 9.88. The Balaban J connectivity index is 1.53. The minimum Gasteiger partial charge on any atom is -0.473 e. The highest BCUT2D eigenvalue weighted by Gasteiger charge is 2.38. The van der Waals surface area contributed by atoms with E-state index in [9.17, 15) is 9.59 Å². The Morgan fingerprint density at radius 2 is 1.97 bits per heavy atom. The van der Waals surface area contributed by atoms with E-state index in [2.05, 4.69) is 15.2 Å². The van der Waals surface area contributed by atoms with Crippen LogP contribution in [-0.4, -0.2) is 66.5 Å². The summed E-state index contributed by atoms with van der Waals surface area (Å²) in [6.45, 7) is 5.52. The second kappa shape index (κ2) is 7.68. The van der Waals surface area contributed by atoms with Crippen molar-refractivity contribution in [2.45, 2.75) is 51.4 Å². The zero-order chi connectivity index (χ0) is 22.3. The quantitative estimate of drug-likeness (QED) is 0.578. The summed E-state index contributed by atoms with van der Waals surface area (Å²) in [4.78, 5) is 30.0. The predicted molar refractivity (Wildman–Crippen MR) is 112 cm³/mol. The first-order valence-corrected chi connectivity index (χ1v) is 10.1. The van der Waals surface area contributed by atoms with Gasteiger partial charge in [0.05, 0.1) is 29.8 Å². The van der Waals surface area contributed by atoms with Crippen molar-refractivity contribution in [2.75, 3.05) is 7.05 Å². The number of aldehydes is 1. The van der Waals surface area contributed by atoms with E-state index in [1.54, 1.807) is 33.5 Å². The van der Waals surface area contributed by atoms with Crippen LogP contribution in [0.15, 0.2) is 24.8 Å². The van der Waals surface area contributed by atoms with E-state index in [4.69, 9.17) is 9.47 Å². The molecule has 0 spiro atoms. The van der Waals surface area contributed by atoms with Crippen molar-refractivity contribution in [1.29, 1.82) is 0 Å². The summed E-state index contributed by atoms with van der Waals surface area (Å²) >= 11 is 0. The molecule has 1 saturated carbocycles. The smallest absolute Gasteiger partial charge is 0.410 e. The largest absolute Gasteiger partial charge is 0.473 e. The average molecular weight is 426 g/mol. The molecule has 4 rings (SSSR count). The van der Waals surface area contributed by atoms with E-state index in [1.807, 2.05) is 34.0 Å². The van der Waals surface area contributed by atoms with Crippen LogP contribution in [0.2, 0.25) is 0 Å². The van der Waals surface area contributed by atoms with Gasteiger partial charge in [0.1, 0.15) is 17.2 Å². The van der Waals surface area contributed by atoms with Crippen LogP contribution in [0, 0.1) is 0 Å². The first-order valence-electron chi connectivity index (χ1n) is 10.1. The molecule has 3 aromatic heterocycles. The lowest BCUT2D eigenvalue weighted by Crippen LogP contribution is -2.51. The molecule has 3 heterocycles. The molecule has 1 fully saturated rings. The molecule has 1 aliphatic rings. The van der Waals surface area contributed by atoms with Gasteiger partial charge in [0.2, 0.25) is 5.88 Å². The van der Waals surface area contributed by atoms with Gasteiger partial charge in [0.25, 0.3) is 0 Å². The van der Waals surface area contributed by atoms with E-state index in [0.29, 0.717) is 35.5 Å². The summed E-state index contributed by atoms with van der Waals surface area (Å²) in [5.41, 5.74) is 1.83. The van der Waals surface area contributed by atoms with Gasteiger partial charge in [-0.1, -0.05) is 0 Å². The van der Waals surface area contributed by atoms with Gasteiger partial charge in [-0.25, -0.2) is 14.3 Å². The molecule has 0 radical (unpaired) electrons. The van der Waals surface area contributed by atoms with Crippen LogP contribution >= 0.6 is 0 Å². The number of aryl methyl sites for hydroxylation is 1. The highest BCUT2D eigenvalue weighted by molar-refractivity contribution is 5.88. The van der Waals surface area contributed by atoms with Gasteiger partial charge in [0.15, 0.2) is 6.29 Å². The zero-order valence-corrected chi connectivity index (χ0v) is 18.3. The molecule has 3 aromatic rings. The molecule has 0 aromatic carbocycles. The minimum absolute atomic E-state index is 0.0211. The number of fused-ring (bicyclic) bond motifs is 1. The Hall–Kier alpha value is -3.43. The molecule has 0 saturated heterocycles. The van der Waals surface area contributed by atoms with Gasteiger partial charge >= 0.3 is 6.09 Å². The molecule has 31 heavy (non-hydrogen) atoms. The Morgan fingerprint density at radius 3 is 2.58 bits per heavy atom. The van der Waals surface area contributed by atoms with E-state index >= 15 is 0 Å². The summed E-state index contributed by atoms with van der Waals surface area (Å²) in [7, 11) is 3.56. The highest BCUT2D eigenvalue weighted by atomic mass is 16.6. The van der Waals surface area contributed by atoms with Crippen LogP contribution in [0.3, 0.4) is 0 Å². The number of hydrogen-bond acceptors (Lipinski definition) is 7.